The van der Waals surface area contributed by atoms with Crippen molar-refractivity contribution < 1.29 is 0 Å². The summed E-state index contributed by atoms with van der Waals surface area (Å²) in [5.41, 5.74) is 6.93. The molecule has 2 heterocycles. The van der Waals surface area contributed by atoms with Crippen LogP contribution in [0.3, 0.4) is 0 Å². The van der Waals surface area contributed by atoms with Gasteiger partial charge in [-0.1, -0.05) is 0 Å². The molecule has 5 nitrogen and oxygen atoms in total. The summed E-state index contributed by atoms with van der Waals surface area (Å²) in [6.45, 7) is 2.90. The molecule has 0 saturated heterocycles. The molecule has 86 valence electrons. The van der Waals surface area contributed by atoms with Crippen LogP contribution in [-0.4, -0.2) is 19.5 Å². The molecule has 0 amide bonds. The normalized spacial score (nSPS) is 12.9. The van der Waals surface area contributed by atoms with Gasteiger partial charge >= 0.3 is 0 Å². The van der Waals surface area contributed by atoms with Gasteiger partial charge in [0, 0.05) is 37.6 Å². The number of nitrogens with zero attached hydrogens (tertiary/aromatic N) is 3. The number of imidazole rings is 2. The van der Waals surface area contributed by atoms with Crippen LogP contribution >= 0.6 is 0 Å². The second-order valence-corrected chi connectivity index (χ2v) is 3.94. The summed E-state index contributed by atoms with van der Waals surface area (Å²) in [6.07, 6.45) is 9.27. The van der Waals surface area contributed by atoms with Crippen molar-refractivity contribution in [1.82, 2.24) is 19.5 Å². The van der Waals surface area contributed by atoms with E-state index in [9.17, 15) is 0 Å². The van der Waals surface area contributed by atoms with E-state index in [-0.39, 0.29) is 6.04 Å². The van der Waals surface area contributed by atoms with Gasteiger partial charge in [-0.3, -0.25) is 0 Å². The van der Waals surface area contributed by atoms with Crippen LogP contribution in [-0.2, 0) is 13.0 Å². The maximum absolute atomic E-state index is 5.85. The molecule has 2 rings (SSSR count). The number of hydrogen-bond donors (Lipinski definition) is 2. The van der Waals surface area contributed by atoms with Gasteiger partial charge in [0.1, 0.15) is 5.82 Å². The van der Waals surface area contributed by atoms with Crippen molar-refractivity contribution in [2.45, 2.75) is 32.4 Å². The van der Waals surface area contributed by atoms with Crippen LogP contribution in [0.5, 0.6) is 0 Å². The van der Waals surface area contributed by atoms with E-state index >= 15 is 0 Å². The maximum atomic E-state index is 5.85. The van der Waals surface area contributed by atoms with Crippen molar-refractivity contribution in [3.63, 3.8) is 0 Å². The minimum absolute atomic E-state index is 0.0334. The zero-order chi connectivity index (χ0) is 11.4. The first-order chi connectivity index (χ1) is 7.77. The molecule has 16 heavy (non-hydrogen) atoms. The van der Waals surface area contributed by atoms with Crippen LogP contribution < -0.4 is 5.73 Å². The topological polar surface area (TPSA) is 72.5 Å². The Balaban J connectivity index is 1.87. The molecule has 2 aromatic rings. The number of aromatic nitrogens is 4. The fourth-order valence-corrected chi connectivity index (χ4v) is 1.75. The lowest BCUT2D eigenvalue weighted by molar-refractivity contribution is 0.586. The molecule has 0 spiro atoms. The van der Waals surface area contributed by atoms with Crippen LogP contribution in [0.15, 0.2) is 24.9 Å². The lowest BCUT2D eigenvalue weighted by atomic mass is 10.2. The van der Waals surface area contributed by atoms with Crippen molar-refractivity contribution in [2.75, 3.05) is 0 Å². The smallest absolute Gasteiger partial charge is 0.106 e. The van der Waals surface area contributed by atoms with Gasteiger partial charge in [0.15, 0.2) is 0 Å². The van der Waals surface area contributed by atoms with Gasteiger partial charge < -0.3 is 15.3 Å². The minimum atomic E-state index is 0.0334. The summed E-state index contributed by atoms with van der Waals surface area (Å²) < 4.78 is 2.10. The third-order valence-electron chi connectivity index (χ3n) is 2.58. The van der Waals surface area contributed by atoms with Crippen molar-refractivity contribution in [3.8, 4) is 0 Å². The molecule has 1 atom stereocenters. The number of aryl methyl sites for hydroxylation is 2. The molecule has 5 heteroatoms. The molecule has 0 unspecified atom stereocenters. The Morgan fingerprint density at radius 2 is 2.44 bits per heavy atom. The Bertz CT molecular complexity index is 415. The number of nitrogens with two attached hydrogens (primary N) is 1. The van der Waals surface area contributed by atoms with Crippen molar-refractivity contribution in [3.05, 3.63) is 36.4 Å². The number of nitrogens with one attached hydrogen (secondary N) is 1. The largest absolute Gasteiger partial charge is 0.349 e. The maximum Gasteiger partial charge on any atom is 0.106 e. The van der Waals surface area contributed by atoms with E-state index in [1.807, 2.05) is 25.6 Å². The van der Waals surface area contributed by atoms with E-state index in [2.05, 4.69) is 19.5 Å². The molecule has 2 aromatic heterocycles. The Labute approximate surface area is 94.7 Å². The summed E-state index contributed by atoms with van der Waals surface area (Å²) in [4.78, 5) is 11.4. The second-order valence-electron chi connectivity index (χ2n) is 3.94. The number of aromatic amines is 1. The van der Waals surface area contributed by atoms with E-state index in [0.717, 1.165) is 30.9 Å². The highest BCUT2D eigenvalue weighted by molar-refractivity contribution is 5.03. The Morgan fingerprint density at radius 1 is 1.56 bits per heavy atom. The zero-order valence-corrected chi connectivity index (χ0v) is 9.43. The highest BCUT2D eigenvalue weighted by Gasteiger charge is 2.06. The van der Waals surface area contributed by atoms with Crippen molar-refractivity contribution in [1.29, 1.82) is 0 Å². The second kappa shape index (κ2) is 4.94. The van der Waals surface area contributed by atoms with E-state index in [1.165, 1.54) is 0 Å². The predicted octanol–water partition coefficient (Wildman–Crippen LogP) is 1.26. The van der Waals surface area contributed by atoms with Crippen LogP contribution in [0.25, 0.3) is 0 Å². The van der Waals surface area contributed by atoms with E-state index in [1.54, 1.807) is 6.20 Å². The van der Waals surface area contributed by atoms with Crippen LogP contribution in [0.2, 0.25) is 0 Å². The van der Waals surface area contributed by atoms with Gasteiger partial charge in [-0.05, 0) is 13.3 Å². The average molecular weight is 219 g/mol. The van der Waals surface area contributed by atoms with Crippen LogP contribution in [0, 0.1) is 0 Å². The van der Waals surface area contributed by atoms with Crippen molar-refractivity contribution >= 4 is 0 Å². The predicted molar refractivity (Wildman–Crippen MR) is 61.7 cm³/mol. The minimum Gasteiger partial charge on any atom is -0.349 e. The van der Waals surface area contributed by atoms with Gasteiger partial charge in [0.2, 0.25) is 0 Å². The molecule has 0 radical (unpaired) electrons. The first-order valence-corrected chi connectivity index (χ1v) is 5.51. The van der Waals surface area contributed by atoms with Crippen LogP contribution in [0.4, 0.5) is 0 Å². The van der Waals surface area contributed by atoms with Gasteiger partial charge in [0.05, 0.1) is 12.0 Å². The Morgan fingerprint density at radius 3 is 3.12 bits per heavy atom. The van der Waals surface area contributed by atoms with Crippen LogP contribution in [0.1, 0.15) is 30.9 Å². The quantitative estimate of drug-likeness (QED) is 0.795. The first kappa shape index (κ1) is 10.9. The molecule has 0 aliphatic carbocycles. The molecule has 0 saturated carbocycles. The fraction of sp³-hybridized carbons (Fsp3) is 0.455. The first-order valence-electron chi connectivity index (χ1n) is 5.51. The van der Waals surface area contributed by atoms with Gasteiger partial charge in [0.25, 0.3) is 0 Å². The Hall–Kier alpha value is -1.62. The third kappa shape index (κ3) is 2.49. The fourth-order valence-electron chi connectivity index (χ4n) is 1.75. The summed E-state index contributed by atoms with van der Waals surface area (Å²) in [7, 11) is 0. The summed E-state index contributed by atoms with van der Waals surface area (Å²) >= 11 is 0. The van der Waals surface area contributed by atoms with E-state index in [4.69, 9.17) is 5.73 Å². The Kier molecular flexibility index (Phi) is 3.36. The lowest BCUT2D eigenvalue weighted by Gasteiger charge is -2.09. The molecule has 0 aromatic carbocycles. The molecule has 0 bridgehead atoms. The monoisotopic (exact) mass is 219 g/mol. The van der Waals surface area contributed by atoms with Crippen molar-refractivity contribution in [2.24, 2.45) is 5.73 Å². The molecule has 0 aliphatic rings. The van der Waals surface area contributed by atoms with E-state index < -0.39 is 0 Å². The standard InChI is InChI=1S/C11H17N5/c1-9(12)10-7-13-8-16(10)6-2-3-11-14-4-5-15-11/h4-5,7-9H,2-3,6,12H2,1H3,(H,14,15)/t9-/m1/s1. The highest BCUT2D eigenvalue weighted by atomic mass is 15.1. The van der Waals surface area contributed by atoms with Gasteiger partial charge in [-0.25, -0.2) is 9.97 Å². The summed E-state index contributed by atoms with van der Waals surface area (Å²) in [6, 6.07) is 0.0334. The molecular formula is C11H17N5. The van der Waals surface area contributed by atoms with Gasteiger partial charge in [-0.2, -0.15) is 0 Å². The third-order valence-corrected chi connectivity index (χ3v) is 2.58. The lowest BCUT2D eigenvalue weighted by Crippen LogP contribution is -2.12. The molecule has 0 fully saturated rings. The number of H-pyrrole nitrogens is 1. The SMILES string of the molecule is C[C@@H](N)c1cncn1CCCc1ncc[nH]1. The molecular weight excluding hydrogens is 202 g/mol. The summed E-state index contributed by atoms with van der Waals surface area (Å²) in [5.74, 6) is 1.03. The summed E-state index contributed by atoms with van der Waals surface area (Å²) in [5, 5.41) is 0. The highest BCUT2D eigenvalue weighted by Crippen LogP contribution is 2.09. The average Bonchev–Trinajstić information content (AvgIpc) is 2.87. The zero-order valence-electron chi connectivity index (χ0n) is 9.43. The van der Waals surface area contributed by atoms with E-state index in [0.29, 0.717) is 0 Å². The molecule has 0 aliphatic heterocycles. The number of rotatable bonds is 5. The van der Waals surface area contributed by atoms with Gasteiger partial charge in [-0.15, -0.1) is 0 Å². The number of hydrogen-bond acceptors (Lipinski definition) is 3. The molecule has 3 N–H and O–H groups in total.